The molecule has 1 aromatic carbocycles. The minimum Gasteiger partial charge on any atom is -0.372 e. The highest BCUT2D eigenvalue weighted by Crippen LogP contribution is 2.22. The fourth-order valence-corrected chi connectivity index (χ4v) is 2.68. The van der Waals surface area contributed by atoms with Gasteiger partial charge in [-0.15, -0.1) is 0 Å². The Kier molecular flexibility index (Phi) is 3.96. The lowest BCUT2D eigenvalue weighted by Gasteiger charge is -2.17. The van der Waals surface area contributed by atoms with Crippen molar-refractivity contribution in [1.29, 1.82) is 0 Å². The normalized spacial score (nSPS) is 14.1. The maximum absolute atomic E-state index is 12.1. The molecule has 114 valence electrons. The van der Waals surface area contributed by atoms with E-state index in [4.69, 9.17) is 0 Å². The van der Waals surface area contributed by atoms with Gasteiger partial charge in [0, 0.05) is 42.4 Å². The Labute approximate surface area is 129 Å². The molecule has 0 radical (unpaired) electrons. The second-order valence-corrected chi connectivity index (χ2v) is 5.59. The summed E-state index contributed by atoms with van der Waals surface area (Å²) in [5.74, 6) is -0.393. The lowest BCUT2D eigenvalue weighted by molar-refractivity contribution is 0.102. The Balaban J connectivity index is 1.72. The van der Waals surface area contributed by atoms with Crippen LogP contribution in [0.15, 0.2) is 41.3 Å². The van der Waals surface area contributed by atoms with Gasteiger partial charge in [0.05, 0.1) is 0 Å². The summed E-state index contributed by atoms with van der Waals surface area (Å²) in [5, 5.41) is 2.76. The van der Waals surface area contributed by atoms with E-state index in [0.29, 0.717) is 5.69 Å². The smallest absolute Gasteiger partial charge is 0.261 e. The number of H-pyrrole nitrogens is 1. The molecule has 5 heteroatoms. The number of nitrogens with zero attached hydrogens (tertiary/aromatic N) is 1. The number of rotatable bonds is 3. The third-order valence-electron chi connectivity index (χ3n) is 3.90. The van der Waals surface area contributed by atoms with Crippen LogP contribution in [-0.4, -0.2) is 24.0 Å². The summed E-state index contributed by atoms with van der Waals surface area (Å²) >= 11 is 0. The molecule has 2 aromatic rings. The van der Waals surface area contributed by atoms with E-state index in [1.54, 1.807) is 6.92 Å². The Morgan fingerprint density at radius 1 is 1.18 bits per heavy atom. The summed E-state index contributed by atoms with van der Waals surface area (Å²) in [7, 11) is 0. The van der Waals surface area contributed by atoms with Crippen LogP contribution in [0.2, 0.25) is 0 Å². The molecular weight excluding hydrogens is 278 g/mol. The molecule has 0 atom stereocenters. The zero-order valence-electron chi connectivity index (χ0n) is 12.6. The van der Waals surface area contributed by atoms with Crippen molar-refractivity contribution in [2.45, 2.75) is 19.8 Å². The van der Waals surface area contributed by atoms with Crippen molar-refractivity contribution in [1.82, 2.24) is 4.98 Å². The van der Waals surface area contributed by atoms with Crippen LogP contribution in [0.3, 0.4) is 0 Å². The zero-order chi connectivity index (χ0) is 15.5. The number of pyridine rings is 1. The van der Waals surface area contributed by atoms with Gasteiger partial charge in [-0.2, -0.15) is 0 Å². The molecule has 1 saturated heterocycles. The predicted octanol–water partition coefficient (Wildman–Crippen LogP) is 2.54. The molecule has 1 amide bonds. The van der Waals surface area contributed by atoms with Crippen molar-refractivity contribution in [2.75, 3.05) is 23.3 Å². The van der Waals surface area contributed by atoms with E-state index < -0.39 is 5.91 Å². The van der Waals surface area contributed by atoms with E-state index in [9.17, 15) is 9.59 Å². The van der Waals surface area contributed by atoms with Crippen LogP contribution in [0.25, 0.3) is 0 Å². The summed E-state index contributed by atoms with van der Waals surface area (Å²) < 4.78 is 0. The minimum atomic E-state index is -0.393. The molecule has 3 rings (SSSR count). The Morgan fingerprint density at radius 3 is 2.50 bits per heavy atom. The molecule has 0 unspecified atom stereocenters. The lowest BCUT2D eigenvalue weighted by atomic mass is 10.2. The maximum Gasteiger partial charge on any atom is 0.261 e. The number of anilines is 2. The molecule has 2 heterocycles. The largest absolute Gasteiger partial charge is 0.372 e. The van der Waals surface area contributed by atoms with Gasteiger partial charge in [0.25, 0.3) is 5.91 Å². The molecule has 0 saturated carbocycles. The van der Waals surface area contributed by atoms with Crippen molar-refractivity contribution in [3.05, 3.63) is 58.0 Å². The second-order valence-electron chi connectivity index (χ2n) is 5.59. The number of benzene rings is 1. The molecule has 1 aliphatic heterocycles. The highest BCUT2D eigenvalue weighted by molar-refractivity contribution is 6.04. The van der Waals surface area contributed by atoms with Crippen LogP contribution in [0, 0.1) is 6.92 Å². The van der Waals surface area contributed by atoms with Gasteiger partial charge >= 0.3 is 0 Å². The third-order valence-corrected chi connectivity index (χ3v) is 3.90. The van der Waals surface area contributed by atoms with Gasteiger partial charge in [-0.1, -0.05) is 0 Å². The molecule has 0 bridgehead atoms. The van der Waals surface area contributed by atoms with Crippen LogP contribution in [0.1, 0.15) is 28.9 Å². The van der Waals surface area contributed by atoms with Gasteiger partial charge in [-0.3, -0.25) is 9.59 Å². The maximum atomic E-state index is 12.1. The van der Waals surface area contributed by atoms with Gasteiger partial charge in [0.15, 0.2) is 5.43 Å². The lowest BCUT2D eigenvalue weighted by Crippen LogP contribution is -2.21. The molecule has 1 fully saturated rings. The quantitative estimate of drug-likeness (QED) is 0.915. The molecule has 5 nitrogen and oxygen atoms in total. The van der Waals surface area contributed by atoms with Gasteiger partial charge in [-0.05, 0) is 44.0 Å². The topological polar surface area (TPSA) is 65.2 Å². The number of hydrogen-bond acceptors (Lipinski definition) is 3. The first-order valence-corrected chi connectivity index (χ1v) is 7.49. The van der Waals surface area contributed by atoms with Gasteiger partial charge < -0.3 is 15.2 Å². The number of carbonyl (C=O) groups excluding carboxylic acids is 1. The summed E-state index contributed by atoms with van der Waals surface area (Å²) in [4.78, 5) is 29.2. The number of nitrogens with one attached hydrogen (secondary N) is 2. The average molecular weight is 297 g/mol. The first-order chi connectivity index (χ1) is 10.6. The van der Waals surface area contributed by atoms with Crippen molar-refractivity contribution < 1.29 is 4.79 Å². The molecule has 2 N–H and O–H groups in total. The van der Waals surface area contributed by atoms with E-state index in [2.05, 4.69) is 15.2 Å². The fraction of sp³-hybridized carbons (Fsp3) is 0.294. The van der Waals surface area contributed by atoms with Gasteiger partial charge in [0.2, 0.25) is 0 Å². The first kappa shape index (κ1) is 14.4. The van der Waals surface area contributed by atoms with E-state index >= 15 is 0 Å². The summed E-state index contributed by atoms with van der Waals surface area (Å²) in [5.41, 5.74) is 2.43. The van der Waals surface area contributed by atoms with Crippen LogP contribution in [0.4, 0.5) is 11.4 Å². The van der Waals surface area contributed by atoms with E-state index in [-0.39, 0.29) is 11.0 Å². The van der Waals surface area contributed by atoms with E-state index in [0.717, 1.165) is 18.8 Å². The Hall–Kier alpha value is -2.56. The van der Waals surface area contributed by atoms with Crippen molar-refractivity contribution >= 4 is 17.3 Å². The van der Waals surface area contributed by atoms with Crippen LogP contribution < -0.4 is 15.6 Å². The number of aromatic nitrogens is 1. The highest BCUT2D eigenvalue weighted by atomic mass is 16.2. The predicted molar refractivity (Wildman–Crippen MR) is 87.6 cm³/mol. The summed E-state index contributed by atoms with van der Waals surface area (Å²) in [6.07, 6.45) is 3.91. The number of hydrogen-bond donors (Lipinski definition) is 2. The van der Waals surface area contributed by atoms with E-state index in [1.165, 1.54) is 30.8 Å². The number of aromatic amines is 1. The number of amides is 1. The Bertz CT molecular complexity index is 728. The van der Waals surface area contributed by atoms with Gasteiger partial charge in [-0.25, -0.2) is 0 Å². The third kappa shape index (κ3) is 3.03. The highest BCUT2D eigenvalue weighted by Gasteiger charge is 2.13. The summed E-state index contributed by atoms with van der Waals surface area (Å²) in [6, 6.07) is 9.16. The first-order valence-electron chi connectivity index (χ1n) is 7.49. The molecule has 0 spiro atoms. The monoisotopic (exact) mass is 297 g/mol. The second kappa shape index (κ2) is 6.05. The van der Waals surface area contributed by atoms with Crippen molar-refractivity contribution in [3.63, 3.8) is 0 Å². The molecule has 0 aliphatic carbocycles. The molecule has 1 aromatic heterocycles. The SMILES string of the molecule is Cc1cc(=O)c(C(=O)Nc2ccc(N3CCCC3)cc2)c[nH]1. The number of carbonyl (C=O) groups is 1. The van der Waals surface area contributed by atoms with Crippen LogP contribution in [0.5, 0.6) is 0 Å². The van der Waals surface area contributed by atoms with Gasteiger partial charge in [0.1, 0.15) is 5.56 Å². The standard InChI is InChI=1S/C17H19N3O2/c1-12-10-16(21)15(11-18-12)17(22)19-13-4-6-14(7-5-13)20-8-2-3-9-20/h4-7,10-11H,2-3,8-9H2,1H3,(H,18,21)(H,19,22). The molecule has 1 aliphatic rings. The van der Waals surface area contributed by atoms with Crippen LogP contribution >= 0.6 is 0 Å². The number of aryl methyl sites for hydroxylation is 1. The minimum absolute atomic E-state index is 0.120. The molecular formula is C17H19N3O2. The van der Waals surface area contributed by atoms with Crippen LogP contribution in [-0.2, 0) is 0 Å². The zero-order valence-corrected chi connectivity index (χ0v) is 12.6. The van der Waals surface area contributed by atoms with Crippen molar-refractivity contribution in [2.24, 2.45) is 0 Å². The Morgan fingerprint density at radius 2 is 1.86 bits per heavy atom. The average Bonchev–Trinajstić information content (AvgIpc) is 3.02. The summed E-state index contributed by atoms with van der Waals surface area (Å²) in [6.45, 7) is 3.95. The fourth-order valence-electron chi connectivity index (χ4n) is 2.68. The van der Waals surface area contributed by atoms with Crippen molar-refractivity contribution in [3.8, 4) is 0 Å². The molecule has 22 heavy (non-hydrogen) atoms. The van der Waals surface area contributed by atoms with E-state index in [1.807, 2.05) is 24.3 Å².